The number of aromatic nitrogens is 5. The molecule has 4 atom stereocenters. The normalized spacial score (nSPS) is 21.1. The zero-order valence-electron chi connectivity index (χ0n) is 29.5. The summed E-state index contributed by atoms with van der Waals surface area (Å²) in [6.45, 7) is 3.46. The molecule has 6 heterocycles. The van der Waals surface area contributed by atoms with Gasteiger partial charge in [0.1, 0.15) is 17.8 Å². The number of carbonyl (C=O) groups is 3. The molecule has 4 N–H and O–H groups in total. The molecule has 13 heteroatoms. The summed E-state index contributed by atoms with van der Waals surface area (Å²) in [6.07, 6.45) is 9.10. The zero-order valence-corrected chi connectivity index (χ0v) is 29.5. The smallest absolute Gasteiger partial charge is 0.405 e. The van der Waals surface area contributed by atoms with Crippen LogP contribution >= 0.6 is 0 Å². The van der Waals surface area contributed by atoms with Gasteiger partial charge in [-0.15, -0.1) is 0 Å². The molecule has 2 aromatic carbocycles. The first-order chi connectivity index (χ1) is 25.8. The number of primary amides is 1. The Morgan fingerprint density at radius 2 is 1.38 bits per heavy atom. The van der Waals surface area contributed by atoms with E-state index in [2.05, 4.69) is 19.9 Å². The molecule has 3 saturated heterocycles. The van der Waals surface area contributed by atoms with Gasteiger partial charge in [0.25, 0.3) is 11.8 Å². The first-order valence-corrected chi connectivity index (χ1v) is 18.2. The van der Waals surface area contributed by atoms with Crippen LogP contribution in [0.1, 0.15) is 74.7 Å². The van der Waals surface area contributed by atoms with Gasteiger partial charge in [-0.25, -0.2) is 14.8 Å². The van der Waals surface area contributed by atoms with Gasteiger partial charge < -0.3 is 35.0 Å². The van der Waals surface area contributed by atoms with Crippen molar-refractivity contribution < 1.29 is 23.9 Å². The highest BCUT2D eigenvalue weighted by molar-refractivity contribution is 5.89. The van der Waals surface area contributed by atoms with Crippen LogP contribution < -0.4 is 5.73 Å². The Morgan fingerprint density at radius 1 is 0.755 bits per heavy atom. The van der Waals surface area contributed by atoms with Crippen molar-refractivity contribution in [3.63, 3.8) is 0 Å². The van der Waals surface area contributed by atoms with E-state index in [0.717, 1.165) is 84.7 Å². The molecule has 272 valence electrons. The lowest BCUT2D eigenvalue weighted by Gasteiger charge is -2.34. The summed E-state index contributed by atoms with van der Waals surface area (Å²) in [6, 6.07) is 20.6. The molecule has 13 nitrogen and oxygen atoms in total. The average molecular weight is 715 g/mol. The molecular weight excluding hydrogens is 672 g/mol. The van der Waals surface area contributed by atoms with Crippen molar-refractivity contribution in [2.45, 2.75) is 69.2 Å². The van der Waals surface area contributed by atoms with Gasteiger partial charge >= 0.3 is 6.09 Å². The van der Waals surface area contributed by atoms with Gasteiger partial charge in [0, 0.05) is 42.6 Å². The Hall–Kier alpha value is -5.82. The topological polar surface area (TPSA) is 172 Å². The van der Waals surface area contributed by atoms with E-state index >= 15 is 0 Å². The number of hydrogen-bond donors (Lipinski definition) is 3. The van der Waals surface area contributed by atoms with E-state index in [-0.39, 0.29) is 30.0 Å². The van der Waals surface area contributed by atoms with Crippen LogP contribution in [0.4, 0.5) is 4.79 Å². The summed E-state index contributed by atoms with van der Waals surface area (Å²) >= 11 is 0. The predicted octanol–water partition coefficient (Wildman–Crippen LogP) is 6.05. The number of hydrogen-bond acceptors (Lipinski definition) is 8. The molecule has 3 fully saturated rings. The van der Waals surface area contributed by atoms with E-state index in [1.807, 2.05) is 59.8 Å². The SMILES string of the molecule is C[C@](OC(N)=O)(C(=O)N1CCC[C@H]1c1ncc(-c2ccc(-c3ccc(-c4cnc([C@@H]5CCCN5C(=O)[C@H]5CCCO5)[nH]4)cn3)cc2)[nH]1)c1ccccc1. The predicted molar refractivity (Wildman–Crippen MR) is 196 cm³/mol. The maximum Gasteiger partial charge on any atom is 0.405 e. The average Bonchev–Trinajstić information content (AvgIpc) is 4.04. The van der Waals surface area contributed by atoms with E-state index in [9.17, 15) is 14.4 Å². The second-order valence-corrected chi connectivity index (χ2v) is 14.0. The fourth-order valence-electron chi connectivity index (χ4n) is 7.87. The molecule has 8 rings (SSSR count). The highest BCUT2D eigenvalue weighted by atomic mass is 16.6. The number of nitrogens with two attached hydrogens (primary N) is 1. The van der Waals surface area contributed by atoms with Crippen LogP contribution in [0.2, 0.25) is 0 Å². The van der Waals surface area contributed by atoms with E-state index in [1.54, 1.807) is 42.3 Å². The third-order valence-corrected chi connectivity index (χ3v) is 10.7. The van der Waals surface area contributed by atoms with E-state index < -0.39 is 11.7 Å². The van der Waals surface area contributed by atoms with Crippen molar-refractivity contribution in [1.82, 2.24) is 34.7 Å². The monoisotopic (exact) mass is 714 g/mol. The second kappa shape index (κ2) is 14.3. The molecule has 3 amide bonds. The van der Waals surface area contributed by atoms with Gasteiger partial charge in [0.05, 0.1) is 41.6 Å². The lowest BCUT2D eigenvalue weighted by Crippen LogP contribution is -2.48. The number of benzene rings is 2. The number of likely N-dealkylation sites (tertiary alicyclic amines) is 2. The highest BCUT2D eigenvalue weighted by Gasteiger charge is 2.46. The molecule has 0 unspecified atom stereocenters. The Balaban J connectivity index is 0.939. The molecule has 0 radical (unpaired) electrons. The number of rotatable bonds is 9. The number of carbonyl (C=O) groups excluding carboxylic acids is 3. The van der Waals surface area contributed by atoms with Gasteiger partial charge in [0.15, 0.2) is 0 Å². The summed E-state index contributed by atoms with van der Waals surface area (Å²) in [5.74, 6) is 1.18. The van der Waals surface area contributed by atoms with E-state index in [0.29, 0.717) is 24.5 Å². The van der Waals surface area contributed by atoms with E-state index in [4.69, 9.17) is 20.2 Å². The van der Waals surface area contributed by atoms with Gasteiger partial charge in [0.2, 0.25) is 5.60 Å². The quantitative estimate of drug-likeness (QED) is 0.166. The molecule has 3 aromatic heterocycles. The number of pyridine rings is 1. The summed E-state index contributed by atoms with van der Waals surface area (Å²) in [7, 11) is 0. The molecule has 0 saturated carbocycles. The van der Waals surface area contributed by atoms with Gasteiger partial charge in [-0.3, -0.25) is 14.6 Å². The standard InChI is InChI=1S/C40H42N8O5/c1-40(53-39(41)51,28-8-3-2-4-9-28)38(50)48-20-6-11-33(48)36-43-23-30(45-36)26-15-13-25(14-16-26)29-18-17-27(22-42-29)31-24-44-35(46-31)32-10-5-19-47(32)37(49)34-12-7-21-52-34/h2-4,8-9,13-18,22-24,32-34H,5-7,10-12,19-21H2,1H3,(H2,41,51)(H,43,45)(H,44,46)/t32-,33-,34+,40+/m0/s1. The second-order valence-electron chi connectivity index (χ2n) is 14.0. The Morgan fingerprint density at radius 3 is 2.00 bits per heavy atom. The minimum Gasteiger partial charge on any atom is -0.428 e. The van der Waals surface area contributed by atoms with Crippen molar-refractivity contribution >= 4 is 17.9 Å². The molecule has 0 spiro atoms. The molecule has 0 aliphatic carbocycles. The number of nitrogens with one attached hydrogen (secondary N) is 2. The van der Waals surface area contributed by atoms with Crippen LogP contribution in [0.25, 0.3) is 33.8 Å². The van der Waals surface area contributed by atoms with Gasteiger partial charge in [-0.2, -0.15) is 0 Å². The number of aromatic amines is 2. The minimum absolute atomic E-state index is 0.0702. The van der Waals surface area contributed by atoms with Crippen molar-refractivity contribution in [3.8, 4) is 33.8 Å². The largest absolute Gasteiger partial charge is 0.428 e. The van der Waals surface area contributed by atoms with Crippen molar-refractivity contribution in [2.24, 2.45) is 5.73 Å². The molecule has 5 aromatic rings. The lowest BCUT2D eigenvalue weighted by molar-refractivity contribution is -0.151. The first-order valence-electron chi connectivity index (χ1n) is 18.2. The third-order valence-electron chi connectivity index (χ3n) is 10.7. The molecule has 3 aliphatic heterocycles. The Bertz CT molecular complexity index is 2090. The maximum atomic E-state index is 14.0. The van der Waals surface area contributed by atoms with Crippen LogP contribution in [0.5, 0.6) is 0 Å². The van der Waals surface area contributed by atoms with Crippen molar-refractivity contribution in [1.29, 1.82) is 0 Å². The number of nitrogens with zero attached hydrogens (tertiary/aromatic N) is 5. The summed E-state index contributed by atoms with van der Waals surface area (Å²) < 4.78 is 11.1. The molecular formula is C40H42N8O5. The van der Waals surface area contributed by atoms with Gasteiger partial charge in [-0.05, 0) is 63.1 Å². The Labute approximate surface area is 306 Å². The number of amides is 3. The Kier molecular flexibility index (Phi) is 9.25. The van der Waals surface area contributed by atoms with Crippen LogP contribution in [-0.4, -0.2) is 78.4 Å². The number of imidazole rings is 2. The lowest BCUT2D eigenvalue weighted by atomic mass is 9.93. The first kappa shape index (κ1) is 34.3. The summed E-state index contributed by atoms with van der Waals surface area (Å²) in [5.41, 5.74) is 9.71. The van der Waals surface area contributed by atoms with Crippen LogP contribution in [0, 0.1) is 0 Å². The van der Waals surface area contributed by atoms with Crippen LogP contribution in [0.15, 0.2) is 85.3 Å². The maximum absolute atomic E-state index is 14.0. The van der Waals surface area contributed by atoms with Gasteiger partial charge in [-0.1, -0.05) is 54.6 Å². The fourth-order valence-corrected chi connectivity index (χ4v) is 7.87. The van der Waals surface area contributed by atoms with Crippen LogP contribution in [-0.2, 0) is 24.7 Å². The zero-order chi connectivity index (χ0) is 36.5. The molecule has 53 heavy (non-hydrogen) atoms. The number of ether oxygens (including phenoxy) is 2. The fraction of sp³-hybridized carbons (Fsp3) is 0.350. The highest BCUT2D eigenvalue weighted by Crippen LogP contribution is 2.38. The minimum atomic E-state index is -1.57. The van der Waals surface area contributed by atoms with Crippen molar-refractivity contribution in [2.75, 3.05) is 19.7 Å². The summed E-state index contributed by atoms with van der Waals surface area (Å²) in [5, 5.41) is 0. The van der Waals surface area contributed by atoms with Crippen LogP contribution in [0.3, 0.4) is 0 Å². The summed E-state index contributed by atoms with van der Waals surface area (Å²) in [4.78, 5) is 63.6. The molecule has 3 aliphatic rings. The van der Waals surface area contributed by atoms with E-state index in [1.165, 1.54) is 0 Å². The molecule has 0 bridgehead atoms. The third kappa shape index (κ3) is 6.68. The number of H-pyrrole nitrogens is 2. The van der Waals surface area contributed by atoms with Crippen molar-refractivity contribution in [3.05, 3.63) is 103 Å².